The predicted octanol–water partition coefficient (Wildman–Crippen LogP) is 2.49. The molecule has 0 aromatic heterocycles. The van der Waals surface area contributed by atoms with Crippen molar-refractivity contribution in [3.63, 3.8) is 0 Å². The number of rotatable bonds is 5. The van der Waals surface area contributed by atoms with Crippen LogP contribution in [0.1, 0.15) is 12.8 Å². The average Bonchev–Trinajstić information content (AvgIpc) is 2.63. The topological polar surface area (TPSA) is 75.4 Å². The van der Waals surface area contributed by atoms with E-state index in [1.165, 1.54) is 0 Å². The van der Waals surface area contributed by atoms with Crippen molar-refractivity contribution in [1.82, 2.24) is 4.90 Å². The Morgan fingerprint density at radius 1 is 1.08 bits per heavy atom. The molecule has 3 rings (SSSR count). The SMILES string of the molecule is NC(=O)[C@H]1CCCN(CC(=O)Nc2ccccc2-c2ccccc2)C1. The molecule has 1 heterocycles. The van der Waals surface area contributed by atoms with Crippen molar-refractivity contribution in [2.45, 2.75) is 12.8 Å². The Bertz CT molecular complexity index is 746. The van der Waals surface area contributed by atoms with Gasteiger partial charge < -0.3 is 11.1 Å². The minimum absolute atomic E-state index is 0.0755. The van der Waals surface area contributed by atoms with Crippen molar-refractivity contribution in [2.24, 2.45) is 11.7 Å². The summed E-state index contributed by atoms with van der Waals surface area (Å²) < 4.78 is 0. The standard InChI is InChI=1S/C20H23N3O2/c21-20(25)16-9-6-12-23(13-16)14-19(24)22-18-11-5-4-10-17(18)15-7-2-1-3-8-15/h1-5,7-8,10-11,16H,6,9,12-14H2,(H2,21,25)(H,22,24)/t16-/m0/s1. The zero-order valence-corrected chi connectivity index (χ0v) is 14.2. The molecule has 2 aromatic carbocycles. The minimum atomic E-state index is -0.278. The van der Waals surface area contributed by atoms with E-state index in [2.05, 4.69) is 5.32 Å². The second-order valence-electron chi connectivity index (χ2n) is 6.44. The molecule has 130 valence electrons. The molecular weight excluding hydrogens is 314 g/mol. The van der Waals surface area contributed by atoms with E-state index >= 15 is 0 Å². The van der Waals surface area contributed by atoms with Gasteiger partial charge in [-0.25, -0.2) is 0 Å². The Hall–Kier alpha value is -2.66. The Labute approximate surface area is 147 Å². The fraction of sp³-hybridized carbons (Fsp3) is 0.300. The molecule has 1 aliphatic rings. The van der Waals surface area contributed by atoms with Crippen molar-refractivity contribution in [1.29, 1.82) is 0 Å². The van der Waals surface area contributed by atoms with Gasteiger partial charge >= 0.3 is 0 Å². The normalized spacial score (nSPS) is 17.8. The van der Waals surface area contributed by atoms with E-state index in [1.54, 1.807) is 0 Å². The first-order valence-corrected chi connectivity index (χ1v) is 8.59. The van der Waals surface area contributed by atoms with Gasteiger partial charge in [-0.3, -0.25) is 14.5 Å². The summed E-state index contributed by atoms with van der Waals surface area (Å²) in [5.74, 6) is -0.508. The third-order valence-corrected chi connectivity index (χ3v) is 4.56. The molecule has 3 N–H and O–H groups in total. The lowest BCUT2D eigenvalue weighted by molar-refractivity contribution is -0.125. The highest BCUT2D eigenvalue weighted by atomic mass is 16.2. The number of piperidine rings is 1. The van der Waals surface area contributed by atoms with Crippen molar-refractivity contribution in [3.05, 3.63) is 54.6 Å². The number of nitrogens with one attached hydrogen (secondary N) is 1. The number of amides is 2. The summed E-state index contributed by atoms with van der Waals surface area (Å²) in [6, 6.07) is 17.7. The second-order valence-corrected chi connectivity index (χ2v) is 6.44. The number of benzene rings is 2. The summed E-state index contributed by atoms with van der Waals surface area (Å²) in [6.07, 6.45) is 1.70. The minimum Gasteiger partial charge on any atom is -0.369 e. The molecule has 0 bridgehead atoms. The van der Waals surface area contributed by atoms with E-state index < -0.39 is 0 Å². The number of primary amides is 1. The number of para-hydroxylation sites is 1. The van der Waals surface area contributed by atoms with Gasteiger partial charge in [0, 0.05) is 17.8 Å². The number of likely N-dealkylation sites (tertiary alicyclic amines) is 1. The molecule has 0 spiro atoms. The zero-order chi connectivity index (χ0) is 17.6. The first-order valence-electron chi connectivity index (χ1n) is 8.59. The van der Waals surface area contributed by atoms with Crippen molar-refractivity contribution >= 4 is 17.5 Å². The lowest BCUT2D eigenvalue weighted by Gasteiger charge is -2.30. The van der Waals surface area contributed by atoms with Crippen molar-refractivity contribution in [3.8, 4) is 11.1 Å². The van der Waals surface area contributed by atoms with E-state index in [9.17, 15) is 9.59 Å². The van der Waals surface area contributed by atoms with Crippen LogP contribution < -0.4 is 11.1 Å². The van der Waals surface area contributed by atoms with E-state index in [-0.39, 0.29) is 24.3 Å². The molecule has 1 saturated heterocycles. The first-order chi connectivity index (χ1) is 12.1. The smallest absolute Gasteiger partial charge is 0.238 e. The van der Waals surface area contributed by atoms with Gasteiger partial charge in [-0.05, 0) is 31.0 Å². The molecule has 0 saturated carbocycles. The second kappa shape index (κ2) is 7.94. The Kier molecular flexibility index (Phi) is 5.46. The predicted molar refractivity (Wildman–Crippen MR) is 98.9 cm³/mol. The number of nitrogens with zero attached hydrogens (tertiary/aromatic N) is 1. The molecule has 25 heavy (non-hydrogen) atoms. The third-order valence-electron chi connectivity index (χ3n) is 4.56. The van der Waals surface area contributed by atoms with Gasteiger partial charge in [0.05, 0.1) is 12.5 Å². The van der Waals surface area contributed by atoms with Gasteiger partial charge in [0.1, 0.15) is 0 Å². The average molecular weight is 337 g/mol. The fourth-order valence-corrected chi connectivity index (χ4v) is 3.29. The summed E-state index contributed by atoms with van der Waals surface area (Å²) in [5, 5.41) is 3.00. The van der Waals surface area contributed by atoms with E-state index in [4.69, 9.17) is 5.73 Å². The summed E-state index contributed by atoms with van der Waals surface area (Å²) in [5.41, 5.74) is 8.25. The van der Waals surface area contributed by atoms with Crippen LogP contribution in [0.2, 0.25) is 0 Å². The largest absolute Gasteiger partial charge is 0.369 e. The van der Waals surface area contributed by atoms with E-state index in [0.29, 0.717) is 6.54 Å². The highest BCUT2D eigenvalue weighted by Gasteiger charge is 2.25. The van der Waals surface area contributed by atoms with Gasteiger partial charge in [0.2, 0.25) is 11.8 Å². The molecule has 2 amide bonds. The van der Waals surface area contributed by atoms with Crippen LogP contribution in [0.3, 0.4) is 0 Å². The third kappa shape index (κ3) is 4.45. The number of hydrogen-bond donors (Lipinski definition) is 2. The van der Waals surface area contributed by atoms with Crippen LogP contribution in [-0.4, -0.2) is 36.3 Å². The van der Waals surface area contributed by atoms with Crippen LogP contribution in [-0.2, 0) is 9.59 Å². The van der Waals surface area contributed by atoms with Gasteiger partial charge in [0.15, 0.2) is 0 Å². The monoisotopic (exact) mass is 337 g/mol. The summed E-state index contributed by atoms with van der Waals surface area (Å²) in [7, 11) is 0. The van der Waals surface area contributed by atoms with Crippen LogP contribution in [0.15, 0.2) is 54.6 Å². The number of carbonyl (C=O) groups is 2. The molecule has 1 atom stereocenters. The van der Waals surface area contributed by atoms with Gasteiger partial charge in [-0.1, -0.05) is 48.5 Å². The molecule has 2 aromatic rings. The number of carbonyl (C=O) groups excluding carboxylic acids is 2. The summed E-state index contributed by atoms with van der Waals surface area (Å²) in [4.78, 5) is 25.8. The molecule has 5 nitrogen and oxygen atoms in total. The maximum Gasteiger partial charge on any atom is 0.238 e. The Morgan fingerprint density at radius 2 is 1.80 bits per heavy atom. The van der Waals surface area contributed by atoms with Crippen LogP contribution >= 0.6 is 0 Å². The van der Waals surface area contributed by atoms with Gasteiger partial charge in [0.25, 0.3) is 0 Å². The van der Waals surface area contributed by atoms with E-state index in [1.807, 2.05) is 59.5 Å². The Morgan fingerprint density at radius 3 is 2.56 bits per heavy atom. The molecule has 1 aliphatic heterocycles. The van der Waals surface area contributed by atoms with Crippen LogP contribution in [0.4, 0.5) is 5.69 Å². The van der Waals surface area contributed by atoms with Crippen LogP contribution in [0, 0.1) is 5.92 Å². The van der Waals surface area contributed by atoms with Crippen molar-refractivity contribution < 1.29 is 9.59 Å². The molecule has 0 unspecified atom stereocenters. The number of nitrogens with two attached hydrogens (primary N) is 1. The molecule has 1 fully saturated rings. The number of hydrogen-bond acceptors (Lipinski definition) is 3. The summed E-state index contributed by atoms with van der Waals surface area (Å²) >= 11 is 0. The van der Waals surface area contributed by atoms with Gasteiger partial charge in [-0.15, -0.1) is 0 Å². The molecule has 0 aliphatic carbocycles. The lowest BCUT2D eigenvalue weighted by atomic mass is 9.97. The summed E-state index contributed by atoms with van der Waals surface area (Å²) in [6.45, 7) is 1.65. The maximum absolute atomic E-state index is 12.5. The quantitative estimate of drug-likeness (QED) is 0.880. The first kappa shape index (κ1) is 17.2. The number of anilines is 1. The fourth-order valence-electron chi connectivity index (χ4n) is 3.29. The van der Waals surface area contributed by atoms with Crippen LogP contribution in [0.5, 0.6) is 0 Å². The Balaban J connectivity index is 1.67. The zero-order valence-electron chi connectivity index (χ0n) is 14.2. The highest BCUT2D eigenvalue weighted by molar-refractivity contribution is 5.96. The molecular formula is C20H23N3O2. The van der Waals surface area contributed by atoms with Gasteiger partial charge in [-0.2, -0.15) is 0 Å². The van der Waals surface area contributed by atoms with E-state index in [0.717, 1.165) is 36.2 Å². The van der Waals surface area contributed by atoms with Crippen molar-refractivity contribution in [2.75, 3.05) is 25.0 Å². The van der Waals surface area contributed by atoms with Crippen LogP contribution in [0.25, 0.3) is 11.1 Å². The molecule has 0 radical (unpaired) electrons. The lowest BCUT2D eigenvalue weighted by Crippen LogP contribution is -2.44. The maximum atomic E-state index is 12.5. The highest BCUT2D eigenvalue weighted by Crippen LogP contribution is 2.27. The molecule has 5 heteroatoms.